The molecule has 0 aliphatic heterocycles. The van der Waals surface area contributed by atoms with Gasteiger partial charge in [-0.05, 0) is 36.5 Å². The molecule has 1 aromatic carbocycles. The minimum atomic E-state index is 0. The average molecular weight is 228 g/mol. The van der Waals surface area contributed by atoms with Crippen molar-refractivity contribution in [2.75, 3.05) is 0 Å². The van der Waals surface area contributed by atoms with Crippen molar-refractivity contribution >= 4 is 12.4 Å². The van der Waals surface area contributed by atoms with Gasteiger partial charge in [0.1, 0.15) is 0 Å². The highest BCUT2D eigenvalue weighted by Crippen LogP contribution is 2.25. The molecule has 0 amide bonds. The van der Waals surface area contributed by atoms with Crippen LogP contribution in [0, 0.1) is 19.8 Å². The zero-order chi connectivity index (χ0) is 10.7. The number of rotatable bonds is 3. The first kappa shape index (κ1) is 14.5. The maximum atomic E-state index is 6.22. The quantitative estimate of drug-likeness (QED) is 0.836. The molecule has 0 bridgehead atoms. The van der Waals surface area contributed by atoms with Gasteiger partial charge in [0.15, 0.2) is 0 Å². The van der Waals surface area contributed by atoms with E-state index in [0.717, 1.165) is 6.42 Å². The molecule has 2 N–H and O–H groups in total. The van der Waals surface area contributed by atoms with Gasteiger partial charge in [-0.25, -0.2) is 0 Å². The van der Waals surface area contributed by atoms with E-state index >= 15 is 0 Å². The van der Waals surface area contributed by atoms with E-state index < -0.39 is 0 Å². The first-order valence-corrected chi connectivity index (χ1v) is 5.39. The third-order valence-electron chi connectivity index (χ3n) is 3.26. The number of hydrogen-bond donors (Lipinski definition) is 1. The van der Waals surface area contributed by atoms with E-state index in [1.807, 2.05) is 0 Å². The van der Waals surface area contributed by atoms with Gasteiger partial charge in [-0.1, -0.05) is 38.5 Å². The van der Waals surface area contributed by atoms with Crippen LogP contribution >= 0.6 is 12.4 Å². The summed E-state index contributed by atoms with van der Waals surface area (Å²) in [6.45, 7) is 8.71. The van der Waals surface area contributed by atoms with Crippen molar-refractivity contribution in [3.05, 3.63) is 34.9 Å². The van der Waals surface area contributed by atoms with Crippen LogP contribution in [0.25, 0.3) is 0 Å². The van der Waals surface area contributed by atoms with Gasteiger partial charge in [-0.2, -0.15) is 0 Å². The third kappa shape index (κ3) is 3.22. The monoisotopic (exact) mass is 227 g/mol. The fourth-order valence-corrected chi connectivity index (χ4v) is 1.70. The summed E-state index contributed by atoms with van der Waals surface area (Å²) in [7, 11) is 0. The smallest absolute Gasteiger partial charge is 0.0323 e. The van der Waals surface area contributed by atoms with Crippen LogP contribution in [0.15, 0.2) is 18.2 Å². The summed E-state index contributed by atoms with van der Waals surface area (Å²) in [6.07, 6.45) is 1.13. The van der Waals surface area contributed by atoms with Crippen molar-refractivity contribution in [2.24, 2.45) is 11.7 Å². The molecule has 0 aliphatic carbocycles. The Kier molecular flexibility index (Phi) is 5.92. The fourth-order valence-electron chi connectivity index (χ4n) is 1.70. The van der Waals surface area contributed by atoms with Gasteiger partial charge in [0.05, 0.1) is 0 Å². The first-order valence-electron chi connectivity index (χ1n) is 5.39. The van der Waals surface area contributed by atoms with Gasteiger partial charge in [-0.3, -0.25) is 0 Å². The predicted molar refractivity (Wildman–Crippen MR) is 69.5 cm³/mol. The second-order valence-corrected chi connectivity index (χ2v) is 4.20. The SMILES string of the molecule is CCC(C)[C@H](N)c1cccc(C)c1C.Cl. The number of aryl methyl sites for hydroxylation is 1. The molecule has 0 radical (unpaired) electrons. The van der Waals surface area contributed by atoms with Crippen LogP contribution < -0.4 is 5.73 Å². The molecule has 0 spiro atoms. The van der Waals surface area contributed by atoms with Crippen LogP contribution in [0.4, 0.5) is 0 Å². The Bertz CT molecular complexity index is 309. The Morgan fingerprint density at radius 2 is 1.87 bits per heavy atom. The molecule has 2 atom stereocenters. The molecule has 0 fully saturated rings. The van der Waals surface area contributed by atoms with Crippen molar-refractivity contribution in [3.8, 4) is 0 Å². The van der Waals surface area contributed by atoms with E-state index in [1.54, 1.807) is 0 Å². The van der Waals surface area contributed by atoms with Gasteiger partial charge >= 0.3 is 0 Å². The Morgan fingerprint density at radius 1 is 1.27 bits per heavy atom. The highest BCUT2D eigenvalue weighted by molar-refractivity contribution is 5.85. The maximum Gasteiger partial charge on any atom is 0.0323 e. The Balaban J connectivity index is 0.00000196. The van der Waals surface area contributed by atoms with E-state index in [4.69, 9.17) is 5.73 Å². The molecule has 0 aliphatic rings. The van der Waals surface area contributed by atoms with Gasteiger partial charge in [0.2, 0.25) is 0 Å². The van der Waals surface area contributed by atoms with E-state index in [-0.39, 0.29) is 18.4 Å². The van der Waals surface area contributed by atoms with E-state index in [0.29, 0.717) is 5.92 Å². The second kappa shape index (κ2) is 6.14. The number of benzene rings is 1. The minimum Gasteiger partial charge on any atom is -0.324 e. The van der Waals surface area contributed by atoms with Crippen molar-refractivity contribution in [2.45, 2.75) is 40.2 Å². The zero-order valence-corrected chi connectivity index (χ0v) is 10.9. The van der Waals surface area contributed by atoms with Crippen molar-refractivity contribution < 1.29 is 0 Å². The molecule has 86 valence electrons. The van der Waals surface area contributed by atoms with Crippen LogP contribution in [0.2, 0.25) is 0 Å². The van der Waals surface area contributed by atoms with Crippen LogP contribution in [-0.2, 0) is 0 Å². The van der Waals surface area contributed by atoms with E-state index in [1.165, 1.54) is 16.7 Å². The summed E-state index contributed by atoms with van der Waals surface area (Å²) >= 11 is 0. The summed E-state index contributed by atoms with van der Waals surface area (Å²) in [5.74, 6) is 0.551. The molecular weight excluding hydrogens is 206 g/mol. The highest BCUT2D eigenvalue weighted by atomic mass is 35.5. The molecule has 0 saturated heterocycles. The lowest BCUT2D eigenvalue weighted by atomic mass is 9.89. The molecule has 1 nitrogen and oxygen atoms in total. The van der Waals surface area contributed by atoms with E-state index in [9.17, 15) is 0 Å². The summed E-state index contributed by atoms with van der Waals surface area (Å²) in [4.78, 5) is 0. The average Bonchev–Trinajstić information content (AvgIpc) is 2.20. The second-order valence-electron chi connectivity index (χ2n) is 4.20. The molecular formula is C13H22ClN. The van der Waals surface area contributed by atoms with Gasteiger partial charge in [0, 0.05) is 6.04 Å². The molecule has 15 heavy (non-hydrogen) atoms. The summed E-state index contributed by atoms with van der Waals surface area (Å²) in [5.41, 5.74) is 10.2. The lowest BCUT2D eigenvalue weighted by molar-refractivity contribution is 0.455. The highest BCUT2D eigenvalue weighted by Gasteiger charge is 2.15. The molecule has 2 heteroatoms. The van der Waals surface area contributed by atoms with Crippen molar-refractivity contribution in [1.82, 2.24) is 0 Å². The van der Waals surface area contributed by atoms with Crippen molar-refractivity contribution in [1.29, 1.82) is 0 Å². The molecule has 1 rings (SSSR count). The number of halogens is 1. The Hall–Kier alpha value is -0.530. The molecule has 1 unspecified atom stereocenters. The summed E-state index contributed by atoms with van der Waals surface area (Å²) < 4.78 is 0. The zero-order valence-electron chi connectivity index (χ0n) is 10.1. The minimum absolute atomic E-state index is 0. The molecule has 0 heterocycles. The van der Waals surface area contributed by atoms with E-state index in [2.05, 4.69) is 45.9 Å². The number of nitrogens with two attached hydrogens (primary N) is 1. The maximum absolute atomic E-state index is 6.22. The largest absolute Gasteiger partial charge is 0.324 e. The third-order valence-corrected chi connectivity index (χ3v) is 3.26. The summed E-state index contributed by atoms with van der Waals surface area (Å²) in [6, 6.07) is 6.57. The van der Waals surface area contributed by atoms with Crippen LogP contribution in [-0.4, -0.2) is 0 Å². The predicted octanol–water partition coefficient (Wildman–Crippen LogP) is 3.77. The normalized spacial score (nSPS) is 14.2. The van der Waals surface area contributed by atoms with Crippen molar-refractivity contribution in [3.63, 3.8) is 0 Å². The fraction of sp³-hybridized carbons (Fsp3) is 0.538. The van der Waals surface area contributed by atoms with Gasteiger partial charge in [-0.15, -0.1) is 12.4 Å². The summed E-state index contributed by atoms with van der Waals surface area (Å²) in [5, 5.41) is 0. The topological polar surface area (TPSA) is 26.0 Å². The first-order chi connectivity index (χ1) is 6.57. The van der Waals surface area contributed by atoms with Crippen LogP contribution in [0.1, 0.15) is 43.0 Å². The Labute approximate surface area is 99.5 Å². The molecule has 0 aromatic heterocycles. The number of hydrogen-bond acceptors (Lipinski definition) is 1. The lowest BCUT2D eigenvalue weighted by Crippen LogP contribution is -2.19. The molecule has 1 aromatic rings. The Morgan fingerprint density at radius 3 is 2.40 bits per heavy atom. The lowest BCUT2D eigenvalue weighted by Gasteiger charge is -2.21. The van der Waals surface area contributed by atoms with Gasteiger partial charge < -0.3 is 5.73 Å². The molecule has 0 saturated carbocycles. The van der Waals surface area contributed by atoms with Crippen LogP contribution in [0.3, 0.4) is 0 Å². The standard InChI is InChI=1S/C13H21N.ClH/c1-5-9(2)13(14)12-8-6-7-10(3)11(12)4;/h6-9,13H,5,14H2,1-4H3;1H/t9?,13-;/m0./s1. The van der Waals surface area contributed by atoms with Crippen LogP contribution in [0.5, 0.6) is 0 Å². The van der Waals surface area contributed by atoms with Gasteiger partial charge in [0.25, 0.3) is 0 Å².